The van der Waals surface area contributed by atoms with Crippen molar-refractivity contribution in [1.29, 1.82) is 0 Å². The van der Waals surface area contributed by atoms with E-state index in [2.05, 4.69) is 22.6 Å². The molecule has 0 bridgehead atoms. The Morgan fingerprint density at radius 2 is 2.22 bits per heavy atom. The Balaban J connectivity index is 1.57. The number of hydrogen-bond donors (Lipinski definition) is 2. The molecule has 3 atom stereocenters. The molecule has 5 heteroatoms. The van der Waals surface area contributed by atoms with Crippen molar-refractivity contribution in [2.45, 2.75) is 38.0 Å². The van der Waals surface area contributed by atoms with Gasteiger partial charge in [0.2, 0.25) is 0 Å². The van der Waals surface area contributed by atoms with Gasteiger partial charge in [-0.1, -0.05) is 0 Å². The topological polar surface area (TPSA) is 53.6 Å². The molecular formula is C13H23N3O2. The first-order chi connectivity index (χ1) is 8.59. The van der Waals surface area contributed by atoms with E-state index in [1.165, 1.54) is 12.8 Å². The maximum atomic E-state index is 12.2. The molecule has 2 heterocycles. The monoisotopic (exact) mass is 253 g/mol. The van der Waals surface area contributed by atoms with Gasteiger partial charge in [-0.25, -0.2) is 0 Å². The average molecular weight is 253 g/mol. The lowest BCUT2D eigenvalue weighted by atomic mass is 10.0. The smallest absolute Gasteiger partial charge is 0.250 e. The van der Waals surface area contributed by atoms with E-state index in [-0.39, 0.29) is 18.1 Å². The summed E-state index contributed by atoms with van der Waals surface area (Å²) < 4.78 is 5.69. The maximum absolute atomic E-state index is 12.2. The second-order valence-electron chi connectivity index (χ2n) is 6.21. The molecular weight excluding hydrogens is 230 g/mol. The Kier molecular flexibility index (Phi) is 3.08. The van der Waals surface area contributed by atoms with E-state index in [1.54, 1.807) is 0 Å². The van der Waals surface area contributed by atoms with Crippen LogP contribution in [0.4, 0.5) is 0 Å². The van der Waals surface area contributed by atoms with Crippen molar-refractivity contribution < 1.29 is 9.53 Å². The van der Waals surface area contributed by atoms with Gasteiger partial charge < -0.3 is 20.3 Å². The van der Waals surface area contributed by atoms with E-state index < -0.39 is 0 Å². The summed E-state index contributed by atoms with van der Waals surface area (Å²) in [6.45, 7) is 5.56. The molecule has 3 rings (SSSR count). The van der Waals surface area contributed by atoms with Crippen LogP contribution in [0, 0.1) is 5.41 Å². The number of nitrogens with zero attached hydrogens (tertiary/aromatic N) is 1. The van der Waals surface area contributed by atoms with Gasteiger partial charge in [0.25, 0.3) is 5.91 Å². The van der Waals surface area contributed by atoms with Gasteiger partial charge >= 0.3 is 0 Å². The Labute approximate surface area is 108 Å². The van der Waals surface area contributed by atoms with Crippen LogP contribution in [-0.4, -0.2) is 62.3 Å². The Morgan fingerprint density at radius 3 is 2.89 bits per heavy atom. The number of hydrogen-bond acceptors (Lipinski definition) is 4. The number of nitrogens with one attached hydrogen (secondary N) is 2. The second-order valence-corrected chi connectivity index (χ2v) is 6.21. The van der Waals surface area contributed by atoms with Gasteiger partial charge in [-0.3, -0.25) is 4.79 Å². The quantitative estimate of drug-likeness (QED) is 0.701. The Morgan fingerprint density at radius 1 is 1.44 bits per heavy atom. The molecule has 18 heavy (non-hydrogen) atoms. The molecule has 2 saturated heterocycles. The third-order valence-corrected chi connectivity index (χ3v) is 4.48. The highest BCUT2D eigenvalue weighted by molar-refractivity contribution is 5.81. The number of likely N-dealkylation sites (N-methyl/N-ethyl adjacent to an activating group) is 1. The number of amides is 1. The van der Waals surface area contributed by atoms with Crippen LogP contribution in [0.3, 0.4) is 0 Å². The third-order valence-electron chi connectivity index (χ3n) is 4.48. The number of rotatable bonds is 2. The highest BCUT2D eigenvalue weighted by atomic mass is 16.5. The van der Waals surface area contributed by atoms with Crippen molar-refractivity contribution in [3.05, 3.63) is 0 Å². The van der Waals surface area contributed by atoms with Crippen LogP contribution in [-0.2, 0) is 9.53 Å². The van der Waals surface area contributed by atoms with Crippen LogP contribution in [0.1, 0.15) is 19.8 Å². The van der Waals surface area contributed by atoms with Crippen LogP contribution < -0.4 is 10.6 Å². The number of carbonyl (C=O) groups excluding carboxylic acids is 1. The summed E-state index contributed by atoms with van der Waals surface area (Å²) in [5, 5.41) is 6.45. The molecule has 3 unspecified atom stereocenters. The van der Waals surface area contributed by atoms with Crippen molar-refractivity contribution in [2.24, 2.45) is 5.41 Å². The van der Waals surface area contributed by atoms with E-state index in [1.807, 2.05) is 6.92 Å². The van der Waals surface area contributed by atoms with Gasteiger partial charge in [-0.2, -0.15) is 0 Å². The molecule has 1 aliphatic carbocycles. The molecule has 0 radical (unpaired) electrons. The number of likely N-dealkylation sites (tertiary alicyclic amines) is 1. The zero-order valence-electron chi connectivity index (χ0n) is 11.2. The first kappa shape index (κ1) is 12.4. The summed E-state index contributed by atoms with van der Waals surface area (Å²) in [7, 11) is 2.13. The van der Waals surface area contributed by atoms with Gasteiger partial charge in [0.05, 0.1) is 6.10 Å². The van der Waals surface area contributed by atoms with Gasteiger partial charge in [-0.05, 0) is 26.8 Å². The van der Waals surface area contributed by atoms with Gasteiger partial charge in [0.1, 0.15) is 6.10 Å². The minimum Gasteiger partial charge on any atom is -0.363 e. The van der Waals surface area contributed by atoms with Crippen molar-refractivity contribution in [2.75, 3.05) is 33.2 Å². The fourth-order valence-electron chi connectivity index (χ4n) is 3.30. The summed E-state index contributed by atoms with van der Waals surface area (Å²) in [5.41, 5.74) is 0.373. The predicted octanol–water partition coefficient (Wildman–Crippen LogP) is -0.426. The van der Waals surface area contributed by atoms with Crippen molar-refractivity contribution in [1.82, 2.24) is 15.5 Å². The number of carbonyl (C=O) groups is 1. The van der Waals surface area contributed by atoms with E-state index >= 15 is 0 Å². The van der Waals surface area contributed by atoms with Gasteiger partial charge in [-0.15, -0.1) is 0 Å². The molecule has 2 N–H and O–H groups in total. The molecule has 1 saturated carbocycles. The number of ether oxygens (including phenoxy) is 1. The molecule has 5 nitrogen and oxygen atoms in total. The SMILES string of the molecule is CC1CNCC(C(=O)NC2CN(C)CC23CC3)O1. The van der Waals surface area contributed by atoms with Gasteiger partial charge in [0, 0.05) is 37.6 Å². The summed E-state index contributed by atoms with van der Waals surface area (Å²) in [6, 6.07) is 0.316. The highest BCUT2D eigenvalue weighted by Gasteiger charge is 2.54. The van der Waals surface area contributed by atoms with Crippen LogP contribution in [0.15, 0.2) is 0 Å². The molecule has 3 aliphatic rings. The molecule has 1 amide bonds. The van der Waals surface area contributed by atoms with Gasteiger partial charge in [0.15, 0.2) is 0 Å². The lowest BCUT2D eigenvalue weighted by Crippen LogP contribution is -2.54. The average Bonchev–Trinajstić information content (AvgIpc) is 3.01. The number of morpholine rings is 1. The first-order valence-corrected chi connectivity index (χ1v) is 6.94. The molecule has 1 spiro atoms. The standard InChI is InChI=1S/C13H23N3O2/c1-9-5-14-6-10(18-9)12(17)15-11-7-16(2)8-13(11)3-4-13/h9-11,14H,3-8H2,1-2H3,(H,15,17). The lowest BCUT2D eigenvalue weighted by Gasteiger charge is -2.29. The first-order valence-electron chi connectivity index (χ1n) is 6.94. The normalized spacial score (nSPS) is 38.9. The van der Waals surface area contributed by atoms with Crippen LogP contribution in [0.25, 0.3) is 0 Å². The van der Waals surface area contributed by atoms with E-state index in [4.69, 9.17) is 4.74 Å². The molecule has 0 aromatic rings. The van der Waals surface area contributed by atoms with Crippen molar-refractivity contribution in [3.8, 4) is 0 Å². The zero-order chi connectivity index (χ0) is 12.8. The van der Waals surface area contributed by atoms with Crippen molar-refractivity contribution >= 4 is 5.91 Å². The summed E-state index contributed by atoms with van der Waals surface area (Å²) in [6.07, 6.45) is 2.30. The largest absolute Gasteiger partial charge is 0.363 e. The van der Waals surface area contributed by atoms with Crippen LogP contribution in [0.5, 0.6) is 0 Å². The molecule has 2 aliphatic heterocycles. The Hall–Kier alpha value is -0.650. The summed E-state index contributed by atoms with van der Waals surface area (Å²) in [5.74, 6) is 0.0561. The summed E-state index contributed by atoms with van der Waals surface area (Å²) in [4.78, 5) is 14.5. The molecule has 0 aromatic heterocycles. The fourth-order valence-corrected chi connectivity index (χ4v) is 3.30. The van der Waals surface area contributed by atoms with E-state index in [9.17, 15) is 4.79 Å². The van der Waals surface area contributed by atoms with Crippen molar-refractivity contribution in [3.63, 3.8) is 0 Å². The van der Waals surface area contributed by atoms with Crippen LogP contribution in [0.2, 0.25) is 0 Å². The molecule has 0 aromatic carbocycles. The second kappa shape index (κ2) is 4.47. The van der Waals surface area contributed by atoms with E-state index in [0.717, 1.165) is 19.6 Å². The third kappa shape index (κ3) is 2.27. The zero-order valence-corrected chi connectivity index (χ0v) is 11.2. The molecule has 3 fully saturated rings. The molecule has 102 valence electrons. The lowest BCUT2D eigenvalue weighted by molar-refractivity contribution is -0.139. The maximum Gasteiger partial charge on any atom is 0.250 e. The van der Waals surface area contributed by atoms with E-state index in [0.29, 0.717) is 18.0 Å². The predicted molar refractivity (Wildman–Crippen MR) is 68.3 cm³/mol. The fraction of sp³-hybridized carbons (Fsp3) is 0.923. The highest BCUT2D eigenvalue weighted by Crippen LogP contribution is 2.52. The van der Waals surface area contributed by atoms with Crippen LogP contribution >= 0.6 is 0 Å². The summed E-state index contributed by atoms with van der Waals surface area (Å²) >= 11 is 0. The minimum absolute atomic E-state index is 0.0561. The minimum atomic E-state index is -0.324. The Bertz CT molecular complexity index is 343.